The molecule has 1 amide bonds. The second-order valence-corrected chi connectivity index (χ2v) is 6.98. The van der Waals surface area contributed by atoms with Gasteiger partial charge in [0, 0.05) is 31.3 Å². The highest BCUT2D eigenvalue weighted by Crippen LogP contribution is 2.31. The minimum absolute atomic E-state index is 0.216. The average molecular weight is 403 g/mol. The predicted octanol–water partition coefficient (Wildman–Crippen LogP) is 4.44. The van der Waals surface area contributed by atoms with Crippen LogP contribution in [0.3, 0.4) is 0 Å². The molecule has 8 heteroatoms. The van der Waals surface area contributed by atoms with Crippen LogP contribution in [0, 0.1) is 5.82 Å². The lowest BCUT2D eigenvalue weighted by atomic mass is 9.99. The van der Waals surface area contributed by atoms with Gasteiger partial charge in [0.2, 0.25) is 0 Å². The molecule has 0 fully saturated rings. The van der Waals surface area contributed by atoms with Crippen LogP contribution >= 0.6 is 0 Å². The molecule has 29 heavy (non-hydrogen) atoms. The van der Waals surface area contributed by atoms with Gasteiger partial charge in [-0.3, -0.25) is 9.48 Å². The fourth-order valence-electron chi connectivity index (χ4n) is 3.58. The van der Waals surface area contributed by atoms with Crippen molar-refractivity contribution < 1.29 is 22.4 Å². The molecule has 2 aromatic carbocycles. The maximum atomic E-state index is 13.2. The molecule has 1 aromatic heterocycles. The second kappa shape index (κ2) is 7.02. The molecule has 2 heterocycles. The molecule has 0 aliphatic carbocycles. The van der Waals surface area contributed by atoms with E-state index in [1.165, 1.54) is 28.9 Å². The largest absolute Gasteiger partial charge is 0.416 e. The Morgan fingerprint density at radius 3 is 2.31 bits per heavy atom. The lowest BCUT2D eigenvalue weighted by molar-refractivity contribution is -0.137. The highest BCUT2D eigenvalue weighted by molar-refractivity contribution is 5.97. The van der Waals surface area contributed by atoms with E-state index in [1.807, 2.05) is 0 Å². The molecule has 0 saturated carbocycles. The third-order valence-electron chi connectivity index (χ3n) is 5.04. The number of aryl methyl sites for hydroxylation is 1. The van der Waals surface area contributed by atoms with Crippen LogP contribution in [0.15, 0.2) is 48.5 Å². The van der Waals surface area contributed by atoms with E-state index < -0.39 is 11.7 Å². The summed E-state index contributed by atoms with van der Waals surface area (Å²) in [5.74, 6) is -0.577. The van der Waals surface area contributed by atoms with Crippen molar-refractivity contribution in [1.82, 2.24) is 14.7 Å². The number of aromatic nitrogens is 2. The molecule has 0 unspecified atom stereocenters. The third kappa shape index (κ3) is 3.62. The van der Waals surface area contributed by atoms with Crippen LogP contribution in [-0.2, 0) is 26.2 Å². The molecular weight excluding hydrogens is 386 g/mol. The lowest BCUT2D eigenvalue weighted by Gasteiger charge is -2.27. The van der Waals surface area contributed by atoms with Crippen molar-refractivity contribution in [3.05, 3.63) is 76.7 Å². The van der Waals surface area contributed by atoms with E-state index >= 15 is 0 Å². The first kappa shape index (κ1) is 19.2. The summed E-state index contributed by atoms with van der Waals surface area (Å²) >= 11 is 0. The number of fused-ring (bicyclic) bond motifs is 1. The Hall–Kier alpha value is -3.16. The zero-order valence-electron chi connectivity index (χ0n) is 15.5. The van der Waals surface area contributed by atoms with Crippen LogP contribution in [0.1, 0.15) is 27.2 Å². The standard InChI is InChI=1S/C21H17F4N3O/c1-27-19-17(18(26-27)14-4-8-16(22)9-5-14)10-11-28(20(19)29)12-13-2-6-15(7-3-13)21(23,24)25/h2-9H,10-12H2,1H3. The van der Waals surface area contributed by atoms with Gasteiger partial charge in [-0.2, -0.15) is 18.3 Å². The Morgan fingerprint density at radius 2 is 1.69 bits per heavy atom. The first-order valence-corrected chi connectivity index (χ1v) is 9.01. The monoisotopic (exact) mass is 403 g/mol. The van der Waals surface area contributed by atoms with Crippen LogP contribution in [-0.4, -0.2) is 27.1 Å². The van der Waals surface area contributed by atoms with Gasteiger partial charge in [0.05, 0.1) is 11.3 Å². The molecule has 150 valence electrons. The van der Waals surface area contributed by atoms with E-state index in [0.717, 1.165) is 23.3 Å². The van der Waals surface area contributed by atoms with Crippen molar-refractivity contribution in [2.45, 2.75) is 19.1 Å². The van der Waals surface area contributed by atoms with Crippen LogP contribution in [0.25, 0.3) is 11.3 Å². The zero-order valence-corrected chi connectivity index (χ0v) is 15.5. The number of rotatable bonds is 3. The number of carbonyl (C=O) groups excluding carboxylic acids is 1. The SMILES string of the molecule is Cn1nc(-c2ccc(F)cc2)c2c1C(=O)N(Cc1ccc(C(F)(F)F)cc1)CC2. The van der Waals surface area contributed by atoms with E-state index in [0.29, 0.717) is 29.9 Å². The highest BCUT2D eigenvalue weighted by atomic mass is 19.4. The smallest absolute Gasteiger partial charge is 0.333 e. The maximum Gasteiger partial charge on any atom is 0.416 e. The summed E-state index contributed by atoms with van der Waals surface area (Å²) in [6.45, 7) is 0.639. The van der Waals surface area contributed by atoms with Gasteiger partial charge in [0.15, 0.2) is 0 Å². The van der Waals surface area contributed by atoms with Crippen molar-refractivity contribution >= 4 is 5.91 Å². The summed E-state index contributed by atoms with van der Waals surface area (Å²) in [6, 6.07) is 10.7. The molecule has 0 atom stereocenters. The Labute approximate surface area is 164 Å². The topological polar surface area (TPSA) is 38.1 Å². The quantitative estimate of drug-likeness (QED) is 0.607. The average Bonchev–Trinajstić information content (AvgIpc) is 3.01. The predicted molar refractivity (Wildman–Crippen MR) is 98.5 cm³/mol. The number of nitrogens with zero attached hydrogens (tertiary/aromatic N) is 3. The molecular formula is C21H17F4N3O. The first-order chi connectivity index (χ1) is 13.7. The van der Waals surface area contributed by atoms with Crippen LogP contribution in [0.2, 0.25) is 0 Å². The van der Waals surface area contributed by atoms with E-state index in [2.05, 4.69) is 5.10 Å². The fourth-order valence-corrected chi connectivity index (χ4v) is 3.58. The van der Waals surface area contributed by atoms with Crippen molar-refractivity contribution in [2.75, 3.05) is 6.54 Å². The van der Waals surface area contributed by atoms with Gasteiger partial charge in [0.1, 0.15) is 11.5 Å². The second-order valence-electron chi connectivity index (χ2n) is 6.98. The minimum atomic E-state index is -4.39. The number of halogens is 4. The van der Waals surface area contributed by atoms with Crippen LogP contribution in [0.4, 0.5) is 17.6 Å². The van der Waals surface area contributed by atoms with Gasteiger partial charge < -0.3 is 4.90 Å². The third-order valence-corrected chi connectivity index (χ3v) is 5.04. The van der Waals surface area contributed by atoms with E-state index in [1.54, 1.807) is 24.1 Å². The molecule has 3 aromatic rings. The maximum absolute atomic E-state index is 13.2. The van der Waals surface area contributed by atoms with Crippen molar-refractivity contribution in [2.24, 2.45) is 7.05 Å². The summed E-state index contributed by atoms with van der Waals surface area (Å²) < 4.78 is 52.9. The Morgan fingerprint density at radius 1 is 1.03 bits per heavy atom. The van der Waals surface area contributed by atoms with Gasteiger partial charge in [-0.1, -0.05) is 12.1 Å². The normalized spacial score (nSPS) is 14.2. The molecule has 0 saturated heterocycles. The van der Waals surface area contributed by atoms with E-state index in [4.69, 9.17) is 0 Å². The molecule has 4 nitrogen and oxygen atoms in total. The van der Waals surface area contributed by atoms with E-state index in [-0.39, 0.29) is 18.3 Å². The fraction of sp³-hybridized carbons (Fsp3) is 0.238. The van der Waals surface area contributed by atoms with Gasteiger partial charge in [-0.25, -0.2) is 4.39 Å². The molecule has 0 spiro atoms. The van der Waals surface area contributed by atoms with Gasteiger partial charge in [0.25, 0.3) is 5.91 Å². The molecule has 1 aliphatic heterocycles. The summed E-state index contributed by atoms with van der Waals surface area (Å²) in [6.07, 6.45) is -3.83. The molecule has 4 rings (SSSR count). The van der Waals surface area contributed by atoms with Crippen LogP contribution < -0.4 is 0 Å². The number of hydrogen-bond donors (Lipinski definition) is 0. The van der Waals surface area contributed by atoms with Crippen molar-refractivity contribution in [3.63, 3.8) is 0 Å². The molecule has 0 N–H and O–H groups in total. The number of benzene rings is 2. The highest BCUT2D eigenvalue weighted by Gasteiger charge is 2.32. The summed E-state index contributed by atoms with van der Waals surface area (Å²) in [4.78, 5) is 14.6. The molecule has 1 aliphatic rings. The number of alkyl halides is 3. The van der Waals surface area contributed by atoms with Crippen molar-refractivity contribution in [3.8, 4) is 11.3 Å². The molecule has 0 bridgehead atoms. The Bertz CT molecular complexity index is 1050. The summed E-state index contributed by atoms with van der Waals surface area (Å²) in [5.41, 5.74) is 2.52. The number of carbonyl (C=O) groups is 1. The van der Waals surface area contributed by atoms with Crippen molar-refractivity contribution in [1.29, 1.82) is 0 Å². The van der Waals surface area contributed by atoms with Crippen LogP contribution in [0.5, 0.6) is 0 Å². The van der Waals surface area contributed by atoms with E-state index in [9.17, 15) is 22.4 Å². The first-order valence-electron chi connectivity index (χ1n) is 9.01. The van der Waals surface area contributed by atoms with Gasteiger partial charge in [-0.15, -0.1) is 0 Å². The summed E-state index contributed by atoms with van der Waals surface area (Å²) in [7, 11) is 1.67. The Kier molecular flexibility index (Phi) is 4.64. The number of amides is 1. The lowest BCUT2D eigenvalue weighted by Crippen LogP contribution is -2.38. The summed E-state index contributed by atoms with van der Waals surface area (Å²) in [5, 5.41) is 4.44. The van der Waals surface area contributed by atoms with Gasteiger partial charge >= 0.3 is 6.18 Å². The molecule has 0 radical (unpaired) electrons. The minimum Gasteiger partial charge on any atom is -0.333 e. The number of hydrogen-bond acceptors (Lipinski definition) is 2. The zero-order chi connectivity index (χ0) is 20.8. The van der Waals surface area contributed by atoms with Gasteiger partial charge in [-0.05, 0) is 48.4 Å². The Balaban J connectivity index is 1.58.